The van der Waals surface area contributed by atoms with Crippen molar-refractivity contribution in [3.05, 3.63) is 0 Å². The van der Waals surface area contributed by atoms with E-state index in [0.717, 1.165) is 0 Å². The summed E-state index contributed by atoms with van der Waals surface area (Å²) in [5.74, 6) is 1.39. The van der Waals surface area contributed by atoms with Crippen molar-refractivity contribution in [3.63, 3.8) is 0 Å². The molecule has 0 aromatic carbocycles. The minimum absolute atomic E-state index is 0.120. The minimum Gasteiger partial charge on any atom is -0.353 e. The van der Waals surface area contributed by atoms with Crippen molar-refractivity contribution in [2.75, 3.05) is 0 Å². The molecule has 0 saturated heterocycles. The molecule has 1 N–H and O–H groups in total. The Kier molecular flexibility index (Phi) is 4.43. The van der Waals surface area contributed by atoms with E-state index in [1.165, 1.54) is 32.1 Å². The van der Waals surface area contributed by atoms with E-state index in [4.69, 9.17) is 0 Å². The zero-order chi connectivity index (χ0) is 10.6. The van der Waals surface area contributed by atoms with Gasteiger partial charge in [0.05, 0.1) is 0 Å². The quantitative estimate of drug-likeness (QED) is 0.740. The van der Waals surface area contributed by atoms with Crippen LogP contribution in [-0.2, 0) is 4.79 Å². The average Bonchev–Trinajstić information content (AvgIpc) is 2.15. The zero-order valence-corrected chi connectivity index (χ0v) is 9.68. The van der Waals surface area contributed by atoms with Gasteiger partial charge in [0.1, 0.15) is 0 Å². The Bertz CT molecular complexity index is 183. The smallest absolute Gasteiger partial charge is 0.217 e. The predicted molar refractivity (Wildman–Crippen MR) is 59.0 cm³/mol. The summed E-state index contributed by atoms with van der Waals surface area (Å²) in [6, 6.07) is 0.396. The number of carbonyl (C=O) groups excluding carboxylic acids is 1. The van der Waals surface area contributed by atoms with Gasteiger partial charge in [-0.2, -0.15) is 0 Å². The van der Waals surface area contributed by atoms with Gasteiger partial charge in [-0.15, -0.1) is 0 Å². The first kappa shape index (κ1) is 11.5. The second kappa shape index (κ2) is 5.38. The molecule has 0 aromatic rings. The number of amides is 1. The van der Waals surface area contributed by atoms with Crippen molar-refractivity contribution in [1.29, 1.82) is 0 Å². The van der Waals surface area contributed by atoms with Crippen molar-refractivity contribution in [1.82, 2.24) is 5.32 Å². The number of nitrogens with one attached hydrogen (secondary N) is 1. The summed E-state index contributed by atoms with van der Waals surface area (Å²) in [5, 5.41) is 3.11. The van der Waals surface area contributed by atoms with Crippen LogP contribution in [0.2, 0.25) is 0 Å². The van der Waals surface area contributed by atoms with E-state index in [9.17, 15) is 4.79 Å². The first-order valence-corrected chi connectivity index (χ1v) is 5.88. The summed E-state index contributed by atoms with van der Waals surface area (Å²) in [6.07, 6.45) is 6.65. The van der Waals surface area contributed by atoms with Gasteiger partial charge in [0, 0.05) is 13.0 Å². The van der Waals surface area contributed by atoms with Crippen molar-refractivity contribution in [3.8, 4) is 0 Å². The van der Waals surface area contributed by atoms with Gasteiger partial charge in [-0.25, -0.2) is 0 Å². The Hall–Kier alpha value is -0.530. The molecule has 0 bridgehead atoms. The Morgan fingerprint density at radius 2 is 1.79 bits per heavy atom. The van der Waals surface area contributed by atoms with Crippen LogP contribution in [-0.4, -0.2) is 11.9 Å². The first-order chi connectivity index (χ1) is 6.61. The summed E-state index contributed by atoms with van der Waals surface area (Å²) in [6.45, 7) is 6.03. The lowest BCUT2D eigenvalue weighted by Gasteiger charge is -2.33. The Morgan fingerprint density at radius 1 is 1.21 bits per heavy atom. The Labute approximate surface area is 87.5 Å². The number of carbonyl (C=O) groups is 1. The van der Waals surface area contributed by atoms with Crippen LogP contribution >= 0.6 is 0 Å². The van der Waals surface area contributed by atoms with Crippen molar-refractivity contribution in [2.24, 2.45) is 11.8 Å². The third-order valence-electron chi connectivity index (χ3n) is 3.25. The molecule has 0 aliphatic heterocycles. The van der Waals surface area contributed by atoms with Crippen LogP contribution in [0.15, 0.2) is 0 Å². The van der Waals surface area contributed by atoms with Crippen LogP contribution in [0.5, 0.6) is 0 Å². The minimum atomic E-state index is 0.120. The second-order valence-electron chi connectivity index (χ2n) is 4.87. The van der Waals surface area contributed by atoms with E-state index >= 15 is 0 Å². The normalized spacial score (nSPS) is 20.9. The van der Waals surface area contributed by atoms with Crippen LogP contribution < -0.4 is 5.32 Å². The molecule has 1 unspecified atom stereocenters. The van der Waals surface area contributed by atoms with Gasteiger partial charge < -0.3 is 5.32 Å². The molecule has 0 spiro atoms. The van der Waals surface area contributed by atoms with E-state index in [2.05, 4.69) is 19.2 Å². The molecular weight excluding hydrogens is 174 g/mol. The van der Waals surface area contributed by atoms with E-state index in [1.807, 2.05) is 0 Å². The highest BCUT2D eigenvalue weighted by molar-refractivity contribution is 5.73. The molecule has 1 aliphatic carbocycles. The van der Waals surface area contributed by atoms with Gasteiger partial charge in [0.15, 0.2) is 0 Å². The fraction of sp³-hybridized carbons (Fsp3) is 0.917. The lowest BCUT2D eigenvalue weighted by molar-refractivity contribution is -0.120. The summed E-state index contributed by atoms with van der Waals surface area (Å²) >= 11 is 0. The lowest BCUT2D eigenvalue weighted by atomic mass is 9.79. The van der Waals surface area contributed by atoms with Crippen molar-refractivity contribution < 1.29 is 4.79 Å². The molecule has 1 amide bonds. The van der Waals surface area contributed by atoms with Gasteiger partial charge in [-0.1, -0.05) is 33.1 Å². The van der Waals surface area contributed by atoms with Crippen LogP contribution in [0, 0.1) is 11.8 Å². The van der Waals surface area contributed by atoms with Gasteiger partial charge in [-0.05, 0) is 24.7 Å². The van der Waals surface area contributed by atoms with Crippen molar-refractivity contribution >= 4 is 5.91 Å². The van der Waals surface area contributed by atoms with E-state index in [0.29, 0.717) is 17.9 Å². The largest absolute Gasteiger partial charge is 0.353 e. The molecule has 0 radical (unpaired) electrons. The Morgan fingerprint density at radius 3 is 2.21 bits per heavy atom. The molecule has 1 saturated carbocycles. The second-order valence-corrected chi connectivity index (χ2v) is 4.87. The molecule has 82 valence electrons. The summed E-state index contributed by atoms with van der Waals surface area (Å²) < 4.78 is 0. The average molecular weight is 197 g/mol. The summed E-state index contributed by atoms with van der Waals surface area (Å²) in [4.78, 5) is 11.1. The van der Waals surface area contributed by atoms with Crippen LogP contribution in [0.1, 0.15) is 52.9 Å². The molecule has 2 heteroatoms. The highest BCUT2D eigenvalue weighted by Gasteiger charge is 2.26. The van der Waals surface area contributed by atoms with Gasteiger partial charge in [0.2, 0.25) is 5.91 Å². The monoisotopic (exact) mass is 197 g/mol. The van der Waals surface area contributed by atoms with Crippen LogP contribution in [0.4, 0.5) is 0 Å². The van der Waals surface area contributed by atoms with E-state index in [-0.39, 0.29) is 5.91 Å². The number of hydrogen-bond acceptors (Lipinski definition) is 1. The Balaban J connectivity index is 2.51. The molecule has 1 atom stereocenters. The maximum Gasteiger partial charge on any atom is 0.217 e. The molecular formula is C12H23NO. The topological polar surface area (TPSA) is 29.1 Å². The predicted octanol–water partition coefficient (Wildman–Crippen LogP) is 2.73. The van der Waals surface area contributed by atoms with Crippen LogP contribution in [0.25, 0.3) is 0 Å². The summed E-state index contributed by atoms with van der Waals surface area (Å²) in [5.41, 5.74) is 0. The SMILES string of the molecule is CC(=O)NC(C(C)C)C1CCCCC1. The highest BCUT2D eigenvalue weighted by Crippen LogP contribution is 2.29. The number of rotatable bonds is 3. The van der Waals surface area contributed by atoms with Gasteiger partial charge >= 0.3 is 0 Å². The molecule has 0 aromatic heterocycles. The number of hydrogen-bond donors (Lipinski definition) is 1. The molecule has 2 nitrogen and oxygen atoms in total. The van der Waals surface area contributed by atoms with E-state index < -0.39 is 0 Å². The third-order valence-corrected chi connectivity index (χ3v) is 3.25. The summed E-state index contributed by atoms with van der Waals surface area (Å²) in [7, 11) is 0. The fourth-order valence-corrected chi connectivity index (χ4v) is 2.56. The van der Waals surface area contributed by atoms with Crippen LogP contribution in [0.3, 0.4) is 0 Å². The molecule has 14 heavy (non-hydrogen) atoms. The first-order valence-electron chi connectivity index (χ1n) is 5.88. The van der Waals surface area contributed by atoms with Gasteiger partial charge in [-0.3, -0.25) is 4.79 Å². The molecule has 0 heterocycles. The lowest BCUT2D eigenvalue weighted by Crippen LogP contribution is -2.43. The van der Waals surface area contributed by atoms with Crippen molar-refractivity contribution in [2.45, 2.75) is 58.9 Å². The maximum atomic E-state index is 11.1. The molecule has 1 fully saturated rings. The van der Waals surface area contributed by atoms with E-state index in [1.54, 1.807) is 6.92 Å². The highest BCUT2D eigenvalue weighted by atomic mass is 16.1. The van der Waals surface area contributed by atoms with Gasteiger partial charge in [0.25, 0.3) is 0 Å². The zero-order valence-electron chi connectivity index (χ0n) is 9.68. The third kappa shape index (κ3) is 3.32. The molecule has 1 aliphatic rings. The maximum absolute atomic E-state index is 11.1. The fourth-order valence-electron chi connectivity index (χ4n) is 2.56. The molecule has 1 rings (SSSR count). The standard InChI is InChI=1S/C12H23NO/c1-9(2)12(13-10(3)14)11-7-5-4-6-8-11/h9,11-12H,4-8H2,1-3H3,(H,13,14).